The van der Waals surface area contributed by atoms with Crippen LogP contribution in [-0.4, -0.2) is 12.5 Å². The van der Waals surface area contributed by atoms with Crippen molar-refractivity contribution in [2.45, 2.75) is 12.8 Å². The molecule has 0 radical (unpaired) electrons. The van der Waals surface area contributed by atoms with Crippen LogP contribution in [0.2, 0.25) is 10.0 Å². The summed E-state index contributed by atoms with van der Waals surface area (Å²) < 4.78 is 13.4. The maximum Gasteiger partial charge on any atom is 0.224 e. The minimum Gasteiger partial charge on any atom is -0.355 e. The first-order chi connectivity index (χ1) is 10.1. The molecule has 1 N–H and O–H groups in total. The van der Waals surface area contributed by atoms with Crippen molar-refractivity contribution < 1.29 is 9.18 Å². The Morgan fingerprint density at radius 2 is 1.86 bits per heavy atom. The van der Waals surface area contributed by atoms with E-state index < -0.39 is 0 Å². The first-order valence-electron chi connectivity index (χ1n) is 6.50. The molecule has 0 heterocycles. The molecule has 0 unspecified atom stereocenters. The number of hydrogen-bond donors (Lipinski definition) is 1. The van der Waals surface area contributed by atoms with Crippen molar-refractivity contribution in [2.24, 2.45) is 0 Å². The molecular weight excluding hydrogens is 312 g/mol. The summed E-state index contributed by atoms with van der Waals surface area (Å²) in [6.07, 6.45) is 0.625. The predicted molar refractivity (Wildman–Crippen MR) is 83.3 cm³/mol. The summed E-state index contributed by atoms with van der Waals surface area (Å²) in [5.74, 6) is -0.414. The molecule has 5 heteroatoms. The second-order valence-electron chi connectivity index (χ2n) is 4.60. The first-order valence-corrected chi connectivity index (χ1v) is 7.26. The van der Waals surface area contributed by atoms with Gasteiger partial charge in [0, 0.05) is 16.6 Å². The van der Waals surface area contributed by atoms with Crippen LogP contribution in [0.3, 0.4) is 0 Å². The van der Waals surface area contributed by atoms with Gasteiger partial charge in [-0.1, -0.05) is 47.5 Å². The lowest BCUT2D eigenvalue weighted by atomic mass is 10.1. The van der Waals surface area contributed by atoms with Gasteiger partial charge in [-0.2, -0.15) is 0 Å². The summed E-state index contributed by atoms with van der Waals surface area (Å²) >= 11 is 11.8. The third kappa shape index (κ3) is 4.73. The lowest BCUT2D eigenvalue weighted by Crippen LogP contribution is -2.27. The van der Waals surface area contributed by atoms with Gasteiger partial charge < -0.3 is 5.32 Å². The van der Waals surface area contributed by atoms with Crippen LogP contribution in [0.1, 0.15) is 11.1 Å². The Morgan fingerprint density at radius 1 is 1.10 bits per heavy atom. The van der Waals surface area contributed by atoms with Crippen LogP contribution in [0.4, 0.5) is 4.39 Å². The van der Waals surface area contributed by atoms with Crippen LogP contribution in [0, 0.1) is 5.82 Å². The smallest absolute Gasteiger partial charge is 0.224 e. The summed E-state index contributed by atoms with van der Waals surface area (Å²) in [5.41, 5.74) is 1.30. The lowest BCUT2D eigenvalue weighted by molar-refractivity contribution is -0.120. The van der Waals surface area contributed by atoms with E-state index >= 15 is 0 Å². The molecule has 0 aliphatic rings. The molecule has 2 aromatic carbocycles. The molecule has 0 aromatic heterocycles. The van der Waals surface area contributed by atoms with Crippen molar-refractivity contribution in [1.29, 1.82) is 0 Å². The molecule has 0 spiro atoms. The van der Waals surface area contributed by atoms with Crippen molar-refractivity contribution in [3.63, 3.8) is 0 Å². The molecule has 110 valence electrons. The number of amides is 1. The summed E-state index contributed by atoms with van der Waals surface area (Å²) in [5, 5.41) is 3.75. The van der Waals surface area contributed by atoms with E-state index in [0.717, 1.165) is 0 Å². The largest absolute Gasteiger partial charge is 0.355 e. The Labute approximate surface area is 132 Å². The Kier molecular flexibility index (Phi) is 5.59. The molecule has 0 saturated carbocycles. The summed E-state index contributed by atoms with van der Waals surface area (Å²) in [6, 6.07) is 11.5. The van der Waals surface area contributed by atoms with Crippen molar-refractivity contribution >= 4 is 29.1 Å². The molecule has 1 amide bonds. The number of nitrogens with one attached hydrogen (secondary N) is 1. The van der Waals surface area contributed by atoms with Crippen LogP contribution in [-0.2, 0) is 17.6 Å². The molecular formula is C16H14Cl2FNO. The summed E-state index contributed by atoms with van der Waals surface area (Å²) in [7, 11) is 0. The Bertz CT molecular complexity index is 646. The average Bonchev–Trinajstić information content (AvgIpc) is 2.44. The molecule has 0 atom stereocenters. The zero-order valence-electron chi connectivity index (χ0n) is 11.2. The maximum absolute atomic E-state index is 13.4. The third-order valence-electron chi connectivity index (χ3n) is 3.04. The van der Waals surface area contributed by atoms with Gasteiger partial charge >= 0.3 is 0 Å². The van der Waals surface area contributed by atoms with Gasteiger partial charge in [-0.15, -0.1) is 0 Å². The predicted octanol–water partition coefficient (Wildman–Crippen LogP) is 4.03. The van der Waals surface area contributed by atoms with Gasteiger partial charge in [-0.25, -0.2) is 4.39 Å². The highest BCUT2D eigenvalue weighted by atomic mass is 35.5. The summed E-state index contributed by atoms with van der Waals surface area (Å²) in [4.78, 5) is 11.8. The molecule has 0 fully saturated rings. The van der Waals surface area contributed by atoms with E-state index in [1.807, 2.05) is 0 Å². The number of hydrogen-bond acceptors (Lipinski definition) is 1. The number of halogens is 3. The monoisotopic (exact) mass is 325 g/mol. The van der Waals surface area contributed by atoms with Crippen LogP contribution in [0.25, 0.3) is 0 Å². The molecule has 2 aromatic rings. The standard InChI is InChI=1S/C16H14Cl2FNO/c17-13-6-5-12(14(18)10-13)9-16(21)20-8-7-11-3-1-2-4-15(11)19/h1-6,10H,7-9H2,(H,20,21). The molecule has 0 bridgehead atoms. The van der Waals surface area contributed by atoms with Crippen molar-refractivity contribution in [1.82, 2.24) is 5.32 Å². The number of rotatable bonds is 5. The molecule has 2 nitrogen and oxygen atoms in total. The van der Waals surface area contributed by atoms with Crippen LogP contribution in [0.15, 0.2) is 42.5 Å². The van der Waals surface area contributed by atoms with Crippen LogP contribution in [0.5, 0.6) is 0 Å². The highest BCUT2D eigenvalue weighted by Crippen LogP contribution is 2.21. The maximum atomic E-state index is 13.4. The van der Waals surface area contributed by atoms with Crippen LogP contribution >= 0.6 is 23.2 Å². The van der Waals surface area contributed by atoms with Gasteiger partial charge in [0.2, 0.25) is 5.91 Å². The van der Waals surface area contributed by atoms with Crippen molar-refractivity contribution in [2.75, 3.05) is 6.54 Å². The van der Waals surface area contributed by atoms with Gasteiger partial charge in [0.05, 0.1) is 6.42 Å². The van der Waals surface area contributed by atoms with E-state index in [-0.39, 0.29) is 18.1 Å². The third-order valence-corrected chi connectivity index (χ3v) is 3.63. The van der Waals surface area contributed by atoms with Crippen LogP contribution < -0.4 is 5.32 Å². The van der Waals surface area contributed by atoms with E-state index in [1.54, 1.807) is 36.4 Å². The Morgan fingerprint density at radius 3 is 2.57 bits per heavy atom. The topological polar surface area (TPSA) is 29.1 Å². The van der Waals surface area contributed by atoms with Crippen molar-refractivity contribution in [3.05, 3.63) is 69.5 Å². The number of carbonyl (C=O) groups is 1. The minimum atomic E-state index is -0.257. The lowest BCUT2D eigenvalue weighted by Gasteiger charge is -2.07. The highest BCUT2D eigenvalue weighted by molar-refractivity contribution is 6.35. The fraction of sp³-hybridized carbons (Fsp3) is 0.188. The van der Waals surface area contributed by atoms with E-state index in [0.29, 0.717) is 34.1 Å². The Balaban J connectivity index is 1.84. The molecule has 21 heavy (non-hydrogen) atoms. The van der Waals surface area contributed by atoms with E-state index in [1.165, 1.54) is 6.07 Å². The quantitative estimate of drug-likeness (QED) is 0.883. The number of carbonyl (C=O) groups excluding carboxylic acids is 1. The van der Waals surface area contributed by atoms with Gasteiger partial charge in [0.15, 0.2) is 0 Å². The van der Waals surface area contributed by atoms with Gasteiger partial charge in [0.1, 0.15) is 5.82 Å². The van der Waals surface area contributed by atoms with Gasteiger partial charge in [-0.3, -0.25) is 4.79 Å². The fourth-order valence-electron chi connectivity index (χ4n) is 1.94. The van der Waals surface area contributed by atoms with E-state index in [9.17, 15) is 9.18 Å². The normalized spacial score (nSPS) is 10.4. The molecule has 2 rings (SSSR count). The molecule has 0 saturated heterocycles. The van der Waals surface area contributed by atoms with Gasteiger partial charge in [-0.05, 0) is 35.7 Å². The zero-order chi connectivity index (χ0) is 15.2. The first kappa shape index (κ1) is 15.8. The number of benzene rings is 2. The van der Waals surface area contributed by atoms with Crippen molar-refractivity contribution in [3.8, 4) is 0 Å². The fourth-order valence-corrected chi connectivity index (χ4v) is 2.41. The minimum absolute atomic E-state index is 0.157. The van der Waals surface area contributed by atoms with Gasteiger partial charge in [0.25, 0.3) is 0 Å². The van der Waals surface area contributed by atoms with E-state index in [4.69, 9.17) is 23.2 Å². The second kappa shape index (κ2) is 7.43. The summed E-state index contributed by atoms with van der Waals surface area (Å²) in [6.45, 7) is 0.380. The second-order valence-corrected chi connectivity index (χ2v) is 5.45. The SMILES string of the molecule is O=C(Cc1ccc(Cl)cc1Cl)NCCc1ccccc1F. The Hall–Kier alpha value is -1.58. The van der Waals surface area contributed by atoms with E-state index in [2.05, 4.69) is 5.32 Å². The molecule has 0 aliphatic heterocycles. The molecule has 0 aliphatic carbocycles. The average molecular weight is 326 g/mol. The zero-order valence-corrected chi connectivity index (χ0v) is 12.7. The highest BCUT2D eigenvalue weighted by Gasteiger charge is 2.08.